The summed E-state index contributed by atoms with van der Waals surface area (Å²) in [6, 6.07) is 7.64. The second-order valence-corrected chi connectivity index (χ2v) is 6.64. The number of rotatable bonds is 4. The SMILES string of the molecule is CC(Oc1ccc(Cl)cc1Cl)C(=O)Nc1cc(Cl)c(Cl)cc1Cl. The molecule has 0 saturated heterocycles. The quantitative estimate of drug-likeness (QED) is 0.592. The van der Waals surface area contributed by atoms with Crippen LogP contribution in [0.5, 0.6) is 5.75 Å². The Bertz CT molecular complexity index is 751. The Labute approximate surface area is 158 Å². The van der Waals surface area contributed by atoms with E-state index in [4.69, 9.17) is 62.7 Å². The van der Waals surface area contributed by atoms with Crippen LogP contribution in [0.25, 0.3) is 0 Å². The van der Waals surface area contributed by atoms with Crippen LogP contribution in [-0.4, -0.2) is 12.0 Å². The maximum atomic E-state index is 12.2. The molecule has 0 aromatic heterocycles. The lowest BCUT2D eigenvalue weighted by molar-refractivity contribution is -0.122. The Morgan fingerprint density at radius 1 is 0.957 bits per heavy atom. The van der Waals surface area contributed by atoms with Crippen LogP contribution < -0.4 is 10.1 Å². The summed E-state index contributed by atoms with van der Waals surface area (Å²) in [4.78, 5) is 12.2. The first-order valence-electron chi connectivity index (χ1n) is 6.35. The Kier molecular flexibility index (Phi) is 6.29. The van der Waals surface area contributed by atoms with Crippen molar-refractivity contribution in [3.05, 3.63) is 55.4 Å². The number of halogens is 5. The van der Waals surface area contributed by atoms with Gasteiger partial charge in [-0.3, -0.25) is 4.79 Å². The molecule has 1 unspecified atom stereocenters. The molecule has 0 fully saturated rings. The van der Waals surface area contributed by atoms with Crippen molar-refractivity contribution in [1.29, 1.82) is 0 Å². The third kappa shape index (κ3) is 4.82. The molecule has 0 spiro atoms. The van der Waals surface area contributed by atoms with Crippen molar-refractivity contribution < 1.29 is 9.53 Å². The van der Waals surface area contributed by atoms with Crippen LogP contribution in [0.2, 0.25) is 25.1 Å². The van der Waals surface area contributed by atoms with Gasteiger partial charge in [0.15, 0.2) is 6.10 Å². The molecule has 0 heterocycles. The van der Waals surface area contributed by atoms with E-state index < -0.39 is 12.0 Å². The van der Waals surface area contributed by atoms with Gasteiger partial charge in [-0.25, -0.2) is 0 Å². The maximum absolute atomic E-state index is 12.2. The minimum absolute atomic E-state index is 0.268. The Morgan fingerprint density at radius 2 is 1.61 bits per heavy atom. The molecule has 0 radical (unpaired) electrons. The fourth-order valence-electron chi connectivity index (χ4n) is 1.67. The van der Waals surface area contributed by atoms with Crippen molar-refractivity contribution in [3.8, 4) is 5.75 Å². The highest BCUT2D eigenvalue weighted by molar-refractivity contribution is 6.44. The van der Waals surface area contributed by atoms with Gasteiger partial charge in [0, 0.05) is 5.02 Å². The first-order valence-corrected chi connectivity index (χ1v) is 8.24. The lowest BCUT2D eigenvalue weighted by Gasteiger charge is -2.16. The standard InChI is InChI=1S/C15H10Cl5NO2/c1-7(23-14-3-2-8(16)4-12(14)20)15(22)21-13-6-10(18)9(17)5-11(13)19/h2-7H,1H3,(H,21,22). The molecule has 3 nitrogen and oxygen atoms in total. The monoisotopic (exact) mass is 411 g/mol. The normalized spacial score (nSPS) is 11.9. The van der Waals surface area contributed by atoms with Crippen LogP contribution in [0.3, 0.4) is 0 Å². The van der Waals surface area contributed by atoms with Crippen LogP contribution in [0.1, 0.15) is 6.92 Å². The Balaban J connectivity index is 2.10. The zero-order valence-electron chi connectivity index (χ0n) is 11.7. The highest BCUT2D eigenvalue weighted by Gasteiger charge is 2.18. The van der Waals surface area contributed by atoms with Gasteiger partial charge in [0.25, 0.3) is 5.91 Å². The molecule has 0 bridgehead atoms. The molecule has 0 aliphatic rings. The summed E-state index contributed by atoms with van der Waals surface area (Å²) in [6.45, 7) is 1.58. The predicted molar refractivity (Wildman–Crippen MR) is 96.7 cm³/mol. The fourth-order valence-corrected chi connectivity index (χ4v) is 2.71. The van der Waals surface area contributed by atoms with Crippen molar-refractivity contribution in [2.24, 2.45) is 0 Å². The molecule has 0 saturated carbocycles. The Morgan fingerprint density at radius 3 is 2.26 bits per heavy atom. The summed E-state index contributed by atoms with van der Waals surface area (Å²) in [5.41, 5.74) is 0.337. The number of anilines is 1. The van der Waals surface area contributed by atoms with E-state index in [2.05, 4.69) is 5.32 Å². The van der Waals surface area contributed by atoms with Gasteiger partial charge in [-0.15, -0.1) is 0 Å². The van der Waals surface area contributed by atoms with Gasteiger partial charge >= 0.3 is 0 Å². The van der Waals surface area contributed by atoms with E-state index in [0.29, 0.717) is 26.5 Å². The van der Waals surface area contributed by atoms with Gasteiger partial charge in [-0.05, 0) is 37.3 Å². The summed E-state index contributed by atoms with van der Waals surface area (Å²) in [5.74, 6) is -0.0738. The molecule has 122 valence electrons. The van der Waals surface area contributed by atoms with E-state index in [9.17, 15) is 4.79 Å². The molecule has 23 heavy (non-hydrogen) atoms. The first-order chi connectivity index (χ1) is 10.8. The maximum Gasteiger partial charge on any atom is 0.265 e. The first kappa shape index (κ1) is 18.5. The average molecular weight is 414 g/mol. The third-order valence-electron chi connectivity index (χ3n) is 2.83. The second-order valence-electron chi connectivity index (χ2n) is 4.57. The van der Waals surface area contributed by atoms with Gasteiger partial charge in [0.05, 0.1) is 25.8 Å². The molecule has 2 aromatic rings. The van der Waals surface area contributed by atoms with E-state index in [1.807, 2.05) is 0 Å². The van der Waals surface area contributed by atoms with E-state index in [1.54, 1.807) is 19.1 Å². The van der Waals surface area contributed by atoms with Crippen molar-refractivity contribution in [3.63, 3.8) is 0 Å². The molecular weight excluding hydrogens is 403 g/mol. The van der Waals surface area contributed by atoms with E-state index in [1.165, 1.54) is 18.2 Å². The number of hydrogen-bond acceptors (Lipinski definition) is 2. The summed E-state index contributed by atoms with van der Waals surface area (Å²) < 4.78 is 5.52. The zero-order chi connectivity index (χ0) is 17.1. The molecule has 1 atom stereocenters. The van der Waals surface area contributed by atoms with E-state index in [-0.39, 0.29) is 10.0 Å². The van der Waals surface area contributed by atoms with Gasteiger partial charge in [-0.1, -0.05) is 58.0 Å². The predicted octanol–water partition coefficient (Wildman–Crippen LogP) is 6.36. The van der Waals surface area contributed by atoms with Gasteiger partial charge < -0.3 is 10.1 Å². The molecule has 0 aliphatic carbocycles. The van der Waals surface area contributed by atoms with Crippen LogP contribution >= 0.6 is 58.0 Å². The largest absolute Gasteiger partial charge is 0.479 e. The minimum atomic E-state index is -0.820. The highest BCUT2D eigenvalue weighted by Crippen LogP contribution is 2.33. The number of benzene rings is 2. The fraction of sp³-hybridized carbons (Fsp3) is 0.133. The number of nitrogens with one attached hydrogen (secondary N) is 1. The molecule has 8 heteroatoms. The lowest BCUT2D eigenvalue weighted by Crippen LogP contribution is -2.30. The van der Waals surface area contributed by atoms with E-state index >= 15 is 0 Å². The van der Waals surface area contributed by atoms with Crippen LogP contribution in [0, 0.1) is 0 Å². The van der Waals surface area contributed by atoms with Crippen molar-refractivity contribution in [2.75, 3.05) is 5.32 Å². The number of amides is 1. The van der Waals surface area contributed by atoms with Crippen molar-refractivity contribution in [2.45, 2.75) is 13.0 Å². The molecule has 2 rings (SSSR count). The number of carbonyl (C=O) groups excluding carboxylic acids is 1. The van der Waals surface area contributed by atoms with Gasteiger partial charge in [0.1, 0.15) is 5.75 Å². The average Bonchev–Trinajstić information content (AvgIpc) is 2.47. The third-order valence-corrected chi connectivity index (χ3v) is 4.40. The van der Waals surface area contributed by atoms with E-state index in [0.717, 1.165) is 0 Å². The Hall–Kier alpha value is -0.840. The van der Waals surface area contributed by atoms with Crippen LogP contribution in [-0.2, 0) is 4.79 Å². The molecule has 2 aromatic carbocycles. The van der Waals surface area contributed by atoms with Crippen LogP contribution in [0.15, 0.2) is 30.3 Å². The van der Waals surface area contributed by atoms with Gasteiger partial charge in [0.2, 0.25) is 0 Å². The molecule has 1 N–H and O–H groups in total. The summed E-state index contributed by atoms with van der Waals surface area (Å²) in [6.07, 6.45) is -0.820. The molecule has 0 aliphatic heterocycles. The zero-order valence-corrected chi connectivity index (χ0v) is 15.5. The summed E-state index contributed by atoms with van der Waals surface area (Å²) >= 11 is 29.6. The minimum Gasteiger partial charge on any atom is -0.479 e. The lowest BCUT2D eigenvalue weighted by atomic mass is 10.3. The molecule has 1 amide bonds. The van der Waals surface area contributed by atoms with Gasteiger partial charge in [-0.2, -0.15) is 0 Å². The van der Waals surface area contributed by atoms with Crippen molar-refractivity contribution in [1.82, 2.24) is 0 Å². The second kappa shape index (κ2) is 7.82. The smallest absolute Gasteiger partial charge is 0.265 e. The summed E-state index contributed by atoms with van der Waals surface area (Å²) in [5, 5.41) is 4.25. The number of hydrogen-bond donors (Lipinski definition) is 1. The summed E-state index contributed by atoms with van der Waals surface area (Å²) in [7, 11) is 0. The highest BCUT2D eigenvalue weighted by atomic mass is 35.5. The van der Waals surface area contributed by atoms with Crippen molar-refractivity contribution >= 4 is 69.6 Å². The molecular formula is C15H10Cl5NO2. The number of ether oxygens (including phenoxy) is 1. The van der Waals surface area contributed by atoms with Crippen LogP contribution in [0.4, 0.5) is 5.69 Å². The number of carbonyl (C=O) groups is 1. The topological polar surface area (TPSA) is 38.3 Å².